The molecule has 0 spiro atoms. The Balaban J connectivity index is 2.12. The van der Waals surface area contributed by atoms with E-state index in [1.165, 1.54) is 31.2 Å². The summed E-state index contributed by atoms with van der Waals surface area (Å²) < 4.78 is 0. The second-order valence-electron chi connectivity index (χ2n) is 4.73. The predicted octanol–water partition coefficient (Wildman–Crippen LogP) is 4.44. The molecule has 0 saturated carbocycles. The van der Waals surface area contributed by atoms with E-state index in [0.717, 1.165) is 18.0 Å². The Morgan fingerprint density at radius 3 is 2.53 bits per heavy atom. The van der Waals surface area contributed by atoms with Crippen molar-refractivity contribution in [1.82, 2.24) is 5.32 Å². The van der Waals surface area contributed by atoms with Crippen LogP contribution in [0.1, 0.15) is 45.1 Å². The predicted molar refractivity (Wildman–Crippen MR) is 76.8 cm³/mol. The fraction of sp³-hybridized carbons (Fsp3) is 0.600. The van der Waals surface area contributed by atoms with Crippen molar-refractivity contribution in [1.29, 1.82) is 0 Å². The van der Waals surface area contributed by atoms with Gasteiger partial charge in [0, 0.05) is 11.1 Å². The number of rotatable bonds is 8. The smallest absolute Gasteiger partial charge is 0.0406 e. The Hall–Kier alpha value is -0.530. The molecule has 96 valence electrons. The van der Waals surface area contributed by atoms with Crippen molar-refractivity contribution in [2.24, 2.45) is 0 Å². The molecule has 2 heteroatoms. The van der Waals surface area contributed by atoms with Crippen LogP contribution in [0.2, 0.25) is 5.02 Å². The van der Waals surface area contributed by atoms with Gasteiger partial charge in [-0.05, 0) is 44.0 Å². The van der Waals surface area contributed by atoms with Crippen molar-refractivity contribution < 1.29 is 0 Å². The molecule has 1 atom stereocenters. The lowest BCUT2D eigenvalue weighted by Gasteiger charge is -2.13. The van der Waals surface area contributed by atoms with Gasteiger partial charge in [0.2, 0.25) is 0 Å². The van der Waals surface area contributed by atoms with Crippen molar-refractivity contribution >= 4 is 11.6 Å². The Bertz CT molecular complexity index is 294. The van der Waals surface area contributed by atoms with Crippen LogP contribution in [0, 0.1) is 0 Å². The summed E-state index contributed by atoms with van der Waals surface area (Å²) in [4.78, 5) is 0. The summed E-state index contributed by atoms with van der Waals surface area (Å²) in [5.41, 5.74) is 1.35. The highest BCUT2D eigenvalue weighted by Gasteiger charge is 2.00. The summed E-state index contributed by atoms with van der Waals surface area (Å²) in [6, 6.07) is 8.76. The molecule has 1 unspecified atom stereocenters. The Labute approximate surface area is 111 Å². The lowest BCUT2D eigenvalue weighted by atomic mass is 10.1. The minimum absolute atomic E-state index is 0.633. The zero-order valence-corrected chi connectivity index (χ0v) is 11.8. The lowest BCUT2D eigenvalue weighted by Crippen LogP contribution is -2.27. The number of nitrogens with one attached hydrogen (secondary N) is 1. The molecule has 1 rings (SSSR count). The van der Waals surface area contributed by atoms with Crippen molar-refractivity contribution in [2.75, 3.05) is 6.54 Å². The van der Waals surface area contributed by atoms with Gasteiger partial charge in [-0.25, -0.2) is 0 Å². The molecule has 1 aromatic rings. The molecule has 0 aliphatic heterocycles. The zero-order chi connectivity index (χ0) is 12.5. The summed E-state index contributed by atoms with van der Waals surface area (Å²) in [6.07, 6.45) is 6.36. The average Bonchev–Trinajstić information content (AvgIpc) is 2.32. The van der Waals surface area contributed by atoms with Crippen molar-refractivity contribution in [3.63, 3.8) is 0 Å². The highest BCUT2D eigenvalue weighted by molar-refractivity contribution is 6.30. The molecule has 0 aliphatic rings. The SMILES string of the molecule is CCCCCC(C)NCCc1ccc(Cl)cc1. The van der Waals surface area contributed by atoms with Crippen LogP contribution in [0.25, 0.3) is 0 Å². The number of hydrogen-bond acceptors (Lipinski definition) is 1. The van der Waals surface area contributed by atoms with Gasteiger partial charge in [0.25, 0.3) is 0 Å². The standard InChI is InChI=1S/C15H24ClN/c1-3-4-5-6-13(2)17-12-11-14-7-9-15(16)10-8-14/h7-10,13,17H,3-6,11-12H2,1-2H3. The molecule has 0 bridgehead atoms. The molecular formula is C15H24ClN. The summed E-state index contributed by atoms with van der Waals surface area (Å²) in [6.45, 7) is 5.57. The Morgan fingerprint density at radius 2 is 1.88 bits per heavy atom. The van der Waals surface area contributed by atoms with Gasteiger partial charge in [-0.15, -0.1) is 0 Å². The van der Waals surface area contributed by atoms with Crippen LogP contribution in [0.15, 0.2) is 24.3 Å². The maximum Gasteiger partial charge on any atom is 0.0406 e. The molecule has 1 nitrogen and oxygen atoms in total. The maximum atomic E-state index is 5.85. The molecule has 1 N–H and O–H groups in total. The summed E-state index contributed by atoms with van der Waals surface area (Å²) in [5, 5.41) is 4.39. The largest absolute Gasteiger partial charge is 0.314 e. The first kappa shape index (κ1) is 14.5. The van der Waals surface area contributed by atoms with E-state index in [1.54, 1.807) is 0 Å². The molecule has 0 heterocycles. The molecule has 0 saturated heterocycles. The van der Waals surface area contributed by atoms with E-state index in [-0.39, 0.29) is 0 Å². The number of benzene rings is 1. The minimum atomic E-state index is 0.633. The van der Waals surface area contributed by atoms with Crippen LogP contribution in [0.4, 0.5) is 0 Å². The third kappa shape index (κ3) is 6.70. The van der Waals surface area contributed by atoms with Gasteiger partial charge in [0.05, 0.1) is 0 Å². The van der Waals surface area contributed by atoms with Crippen molar-refractivity contribution in [3.8, 4) is 0 Å². The molecule has 0 fully saturated rings. The van der Waals surface area contributed by atoms with Crippen LogP contribution in [0.3, 0.4) is 0 Å². The second kappa shape index (κ2) is 8.54. The Morgan fingerprint density at radius 1 is 1.18 bits per heavy atom. The zero-order valence-electron chi connectivity index (χ0n) is 11.0. The molecular weight excluding hydrogens is 230 g/mol. The van der Waals surface area contributed by atoms with Crippen LogP contribution < -0.4 is 5.32 Å². The summed E-state index contributed by atoms with van der Waals surface area (Å²) >= 11 is 5.85. The molecule has 17 heavy (non-hydrogen) atoms. The van der Waals surface area contributed by atoms with Gasteiger partial charge in [0.1, 0.15) is 0 Å². The van der Waals surface area contributed by atoms with Crippen LogP contribution in [0.5, 0.6) is 0 Å². The lowest BCUT2D eigenvalue weighted by molar-refractivity contribution is 0.490. The fourth-order valence-corrected chi connectivity index (χ4v) is 2.04. The number of hydrogen-bond donors (Lipinski definition) is 1. The van der Waals surface area contributed by atoms with Crippen molar-refractivity contribution in [3.05, 3.63) is 34.9 Å². The first-order valence-corrected chi connectivity index (χ1v) is 7.08. The van der Waals surface area contributed by atoms with E-state index in [1.807, 2.05) is 12.1 Å². The number of halogens is 1. The monoisotopic (exact) mass is 253 g/mol. The van der Waals surface area contributed by atoms with Crippen LogP contribution >= 0.6 is 11.6 Å². The molecule has 0 radical (unpaired) electrons. The molecule has 0 aromatic heterocycles. The maximum absolute atomic E-state index is 5.85. The first-order valence-electron chi connectivity index (χ1n) is 6.70. The Kier molecular flexibility index (Phi) is 7.30. The van der Waals surface area contributed by atoms with E-state index >= 15 is 0 Å². The van der Waals surface area contributed by atoms with Gasteiger partial charge in [-0.3, -0.25) is 0 Å². The minimum Gasteiger partial charge on any atom is -0.314 e. The van der Waals surface area contributed by atoms with Gasteiger partial charge >= 0.3 is 0 Å². The molecule has 0 amide bonds. The fourth-order valence-electron chi connectivity index (χ4n) is 1.92. The van der Waals surface area contributed by atoms with E-state index in [9.17, 15) is 0 Å². The second-order valence-corrected chi connectivity index (χ2v) is 5.16. The third-order valence-corrected chi connectivity index (χ3v) is 3.31. The van der Waals surface area contributed by atoms with E-state index < -0.39 is 0 Å². The van der Waals surface area contributed by atoms with Gasteiger partial charge in [-0.2, -0.15) is 0 Å². The van der Waals surface area contributed by atoms with Crippen molar-refractivity contribution in [2.45, 2.75) is 52.0 Å². The van der Waals surface area contributed by atoms with E-state index in [2.05, 4.69) is 31.3 Å². The quantitative estimate of drug-likeness (QED) is 0.676. The summed E-state index contributed by atoms with van der Waals surface area (Å²) in [5.74, 6) is 0. The van der Waals surface area contributed by atoms with E-state index in [0.29, 0.717) is 6.04 Å². The van der Waals surface area contributed by atoms with Gasteiger partial charge < -0.3 is 5.32 Å². The van der Waals surface area contributed by atoms with E-state index in [4.69, 9.17) is 11.6 Å². The van der Waals surface area contributed by atoms with Crippen LogP contribution in [-0.2, 0) is 6.42 Å². The topological polar surface area (TPSA) is 12.0 Å². The van der Waals surface area contributed by atoms with Gasteiger partial charge in [-0.1, -0.05) is 49.9 Å². The number of unbranched alkanes of at least 4 members (excludes halogenated alkanes) is 2. The molecule has 1 aromatic carbocycles. The highest BCUT2D eigenvalue weighted by atomic mass is 35.5. The summed E-state index contributed by atoms with van der Waals surface area (Å²) in [7, 11) is 0. The average molecular weight is 254 g/mol. The highest BCUT2D eigenvalue weighted by Crippen LogP contribution is 2.09. The van der Waals surface area contributed by atoms with Crippen LogP contribution in [-0.4, -0.2) is 12.6 Å². The normalized spacial score (nSPS) is 12.6. The first-order chi connectivity index (χ1) is 8.22. The molecule has 0 aliphatic carbocycles. The van der Waals surface area contributed by atoms with Gasteiger partial charge in [0.15, 0.2) is 0 Å². The third-order valence-electron chi connectivity index (χ3n) is 3.06.